The Hall–Kier alpha value is -2.12. The van der Waals surface area contributed by atoms with E-state index in [1.807, 2.05) is 25.1 Å². The molecule has 0 spiro atoms. The maximum Gasteiger partial charge on any atom is 0.256 e. The van der Waals surface area contributed by atoms with Crippen molar-refractivity contribution in [3.63, 3.8) is 0 Å². The van der Waals surface area contributed by atoms with E-state index in [4.69, 9.17) is 21.6 Å². The number of nitrogens with zero attached hydrogens (tertiary/aromatic N) is 3. The molecule has 0 amide bonds. The van der Waals surface area contributed by atoms with Crippen LogP contribution in [0.5, 0.6) is 11.6 Å². The second kappa shape index (κ2) is 5.89. The van der Waals surface area contributed by atoms with Crippen molar-refractivity contribution in [2.24, 2.45) is 0 Å². The molecule has 0 saturated carbocycles. The first-order valence-electron chi connectivity index (χ1n) is 6.22. The quantitative estimate of drug-likeness (QED) is 0.848. The van der Waals surface area contributed by atoms with E-state index in [0.717, 1.165) is 11.1 Å². The van der Waals surface area contributed by atoms with Crippen molar-refractivity contribution >= 4 is 11.6 Å². The van der Waals surface area contributed by atoms with Crippen LogP contribution < -0.4 is 4.74 Å². The number of ether oxygens (including phenoxy) is 1. The summed E-state index contributed by atoms with van der Waals surface area (Å²) in [7, 11) is 0. The Morgan fingerprint density at radius 3 is 2.60 bits per heavy atom. The third kappa shape index (κ3) is 2.89. The molecule has 0 N–H and O–H groups in total. The van der Waals surface area contributed by atoms with Crippen molar-refractivity contribution in [2.75, 3.05) is 0 Å². The molecule has 1 heterocycles. The summed E-state index contributed by atoms with van der Waals surface area (Å²) in [5.74, 6) is 1.12. The SMILES string of the molecule is Cc1cc(Cl)c(C(C)C)cc1Oc1nccnc1C#N. The van der Waals surface area contributed by atoms with Crippen LogP contribution in [0.4, 0.5) is 0 Å². The Morgan fingerprint density at radius 1 is 1.25 bits per heavy atom. The number of hydrogen-bond acceptors (Lipinski definition) is 4. The maximum absolute atomic E-state index is 9.00. The highest BCUT2D eigenvalue weighted by atomic mass is 35.5. The highest BCUT2D eigenvalue weighted by Gasteiger charge is 2.13. The van der Waals surface area contributed by atoms with Gasteiger partial charge in [-0.3, -0.25) is 0 Å². The number of hydrogen-bond donors (Lipinski definition) is 0. The van der Waals surface area contributed by atoms with E-state index in [1.165, 1.54) is 12.4 Å². The lowest BCUT2D eigenvalue weighted by molar-refractivity contribution is 0.454. The smallest absolute Gasteiger partial charge is 0.256 e. The van der Waals surface area contributed by atoms with Crippen molar-refractivity contribution in [1.82, 2.24) is 9.97 Å². The molecule has 1 aromatic carbocycles. The predicted octanol–water partition coefficient (Wildman–Crippen LogP) is 4.23. The monoisotopic (exact) mass is 287 g/mol. The lowest BCUT2D eigenvalue weighted by Gasteiger charge is -2.14. The fourth-order valence-corrected chi connectivity index (χ4v) is 2.24. The summed E-state index contributed by atoms with van der Waals surface area (Å²) in [6.45, 7) is 6.01. The molecule has 0 aliphatic heterocycles. The van der Waals surface area contributed by atoms with E-state index in [0.29, 0.717) is 10.8 Å². The molecule has 0 aliphatic carbocycles. The molecule has 0 atom stereocenters. The van der Waals surface area contributed by atoms with E-state index in [2.05, 4.69) is 23.8 Å². The van der Waals surface area contributed by atoms with Gasteiger partial charge in [-0.1, -0.05) is 25.4 Å². The zero-order valence-electron chi connectivity index (χ0n) is 11.5. The lowest BCUT2D eigenvalue weighted by Crippen LogP contribution is -1.98. The van der Waals surface area contributed by atoms with E-state index in [9.17, 15) is 0 Å². The minimum absolute atomic E-state index is 0.160. The van der Waals surface area contributed by atoms with Crippen LogP contribution in [0.3, 0.4) is 0 Å². The zero-order valence-corrected chi connectivity index (χ0v) is 12.3. The third-order valence-electron chi connectivity index (χ3n) is 2.89. The van der Waals surface area contributed by atoms with E-state index in [-0.39, 0.29) is 17.5 Å². The Morgan fingerprint density at radius 2 is 1.95 bits per heavy atom. The second-order valence-corrected chi connectivity index (χ2v) is 5.13. The molecule has 0 saturated heterocycles. The summed E-state index contributed by atoms with van der Waals surface area (Å²) >= 11 is 6.22. The largest absolute Gasteiger partial charge is 0.436 e. The Balaban J connectivity index is 2.44. The molecular formula is C15H14ClN3O. The standard InChI is InChI=1S/C15H14ClN3O/c1-9(2)11-7-14(10(3)6-12(11)16)20-15-13(8-17)18-4-5-19-15/h4-7,9H,1-3H3. The normalized spacial score (nSPS) is 10.4. The van der Waals surface area contributed by atoms with Gasteiger partial charge in [-0.2, -0.15) is 5.26 Å². The summed E-state index contributed by atoms with van der Waals surface area (Å²) in [5, 5.41) is 9.71. The van der Waals surface area contributed by atoms with Gasteiger partial charge in [0, 0.05) is 17.4 Å². The average molecular weight is 288 g/mol. The zero-order chi connectivity index (χ0) is 14.7. The fourth-order valence-electron chi connectivity index (χ4n) is 1.80. The highest BCUT2D eigenvalue weighted by molar-refractivity contribution is 6.31. The first-order chi connectivity index (χ1) is 9.52. The van der Waals surface area contributed by atoms with Crippen LogP contribution >= 0.6 is 11.6 Å². The van der Waals surface area contributed by atoms with Crippen LogP contribution in [0.2, 0.25) is 5.02 Å². The predicted molar refractivity (Wildman–Crippen MR) is 77.1 cm³/mol. The third-order valence-corrected chi connectivity index (χ3v) is 3.22. The van der Waals surface area contributed by atoms with Gasteiger partial charge in [0.1, 0.15) is 11.8 Å². The van der Waals surface area contributed by atoms with Crippen LogP contribution in [-0.2, 0) is 0 Å². The molecule has 1 aromatic heterocycles. The van der Waals surface area contributed by atoms with Crippen LogP contribution in [0.15, 0.2) is 24.5 Å². The van der Waals surface area contributed by atoms with Crippen molar-refractivity contribution in [3.8, 4) is 17.7 Å². The molecule has 4 nitrogen and oxygen atoms in total. The maximum atomic E-state index is 9.00. The van der Waals surface area contributed by atoms with Crippen molar-refractivity contribution in [3.05, 3.63) is 46.4 Å². The van der Waals surface area contributed by atoms with Gasteiger partial charge in [-0.25, -0.2) is 9.97 Å². The van der Waals surface area contributed by atoms with Gasteiger partial charge < -0.3 is 4.74 Å². The summed E-state index contributed by atoms with van der Waals surface area (Å²) in [5.41, 5.74) is 2.04. The molecular weight excluding hydrogens is 274 g/mol. The molecule has 102 valence electrons. The molecule has 0 aliphatic rings. The van der Waals surface area contributed by atoms with E-state index >= 15 is 0 Å². The molecule has 0 unspecified atom stereocenters. The van der Waals surface area contributed by atoms with Crippen molar-refractivity contribution in [1.29, 1.82) is 5.26 Å². The minimum Gasteiger partial charge on any atom is -0.436 e. The van der Waals surface area contributed by atoms with Gasteiger partial charge in [0.15, 0.2) is 0 Å². The molecule has 0 fully saturated rings. The van der Waals surface area contributed by atoms with Gasteiger partial charge in [0.2, 0.25) is 5.69 Å². The lowest BCUT2D eigenvalue weighted by atomic mass is 10.0. The number of nitriles is 1. The Labute approximate surface area is 123 Å². The number of benzene rings is 1. The number of halogens is 1. The van der Waals surface area contributed by atoms with Gasteiger partial charge in [0.25, 0.3) is 5.88 Å². The van der Waals surface area contributed by atoms with Gasteiger partial charge in [0.05, 0.1) is 0 Å². The first-order valence-corrected chi connectivity index (χ1v) is 6.59. The highest BCUT2D eigenvalue weighted by Crippen LogP contribution is 2.33. The second-order valence-electron chi connectivity index (χ2n) is 4.72. The molecule has 20 heavy (non-hydrogen) atoms. The summed E-state index contributed by atoms with van der Waals surface area (Å²) < 4.78 is 5.72. The number of rotatable bonds is 3. The fraction of sp³-hybridized carbons (Fsp3) is 0.267. The van der Waals surface area contributed by atoms with Crippen LogP contribution in [0.25, 0.3) is 0 Å². The van der Waals surface area contributed by atoms with Gasteiger partial charge in [-0.15, -0.1) is 0 Å². The Kier molecular flexibility index (Phi) is 4.21. The van der Waals surface area contributed by atoms with Crippen LogP contribution in [-0.4, -0.2) is 9.97 Å². The van der Waals surface area contributed by atoms with Gasteiger partial charge in [-0.05, 0) is 36.1 Å². The molecule has 0 radical (unpaired) electrons. The van der Waals surface area contributed by atoms with Gasteiger partial charge >= 0.3 is 0 Å². The molecule has 0 bridgehead atoms. The van der Waals surface area contributed by atoms with Crippen molar-refractivity contribution in [2.45, 2.75) is 26.7 Å². The average Bonchev–Trinajstić information content (AvgIpc) is 2.42. The summed E-state index contributed by atoms with van der Waals surface area (Å²) in [4.78, 5) is 7.97. The van der Waals surface area contributed by atoms with Crippen LogP contribution in [0.1, 0.15) is 36.6 Å². The van der Waals surface area contributed by atoms with Crippen LogP contribution in [0, 0.1) is 18.3 Å². The minimum atomic E-state index is 0.160. The summed E-state index contributed by atoms with van der Waals surface area (Å²) in [6.07, 6.45) is 2.95. The Bertz CT molecular complexity index is 677. The molecule has 2 aromatic rings. The number of aromatic nitrogens is 2. The van der Waals surface area contributed by atoms with E-state index in [1.54, 1.807) is 0 Å². The topological polar surface area (TPSA) is 58.8 Å². The van der Waals surface area contributed by atoms with E-state index < -0.39 is 0 Å². The molecule has 2 rings (SSSR count). The molecule has 5 heteroatoms. The first kappa shape index (κ1) is 14.3. The summed E-state index contributed by atoms with van der Waals surface area (Å²) in [6, 6.07) is 5.70. The number of aryl methyl sites for hydroxylation is 1. The van der Waals surface area contributed by atoms with Crippen molar-refractivity contribution < 1.29 is 4.74 Å².